The van der Waals surface area contributed by atoms with E-state index in [1.165, 1.54) is 19.1 Å². The first kappa shape index (κ1) is 22.0. The molecule has 0 saturated heterocycles. The van der Waals surface area contributed by atoms with Crippen LogP contribution < -0.4 is 10.3 Å². The Bertz CT molecular complexity index is 1090. The Morgan fingerprint density at radius 1 is 1.00 bits per heavy atom. The van der Waals surface area contributed by atoms with Gasteiger partial charge in [0.1, 0.15) is 12.4 Å². The van der Waals surface area contributed by atoms with Crippen LogP contribution in [-0.2, 0) is 17.7 Å². The number of nitrogens with zero attached hydrogens (tertiary/aromatic N) is 2. The standard InChI is InChI=1S/C24H24N2O5/c1-3-18-9-11-19(12-10-18)23(28)17(2)31-24(29)21-13-14-22(27)26(25-21)15-16-30-20-7-5-4-6-8-20/h4-14,17H,3,15-16H2,1-2H3. The van der Waals surface area contributed by atoms with Gasteiger partial charge in [0.2, 0.25) is 5.78 Å². The van der Waals surface area contributed by atoms with Crippen LogP contribution in [0, 0.1) is 0 Å². The highest BCUT2D eigenvalue weighted by molar-refractivity contribution is 6.01. The Kier molecular flexibility index (Phi) is 7.32. The van der Waals surface area contributed by atoms with Crippen LogP contribution in [0.4, 0.5) is 0 Å². The maximum absolute atomic E-state index is 12.5. The second kappa shape index (κ2) is 10.3. The smallest absolute Gasteiger partial charge is 0.359 e. The Balaban J connectivity index is 1.62. The molecule has 7 nitrogen and oxygen atoms in total. The zero-order valence-electron chi connectivity index (χ0n) is 17.5. The fourth-order valence-corrected chi connectivity index (χ4v) is 2.90. The maximum atomic E-state index is 12.5. The van der Waals surface area contributed by atoms with Crippen molar-refractivity contribution in [3.05, 3.63) is 93.9 Å². The molecule has 0 bridgehead atoms. The van der Waals surface area contributed by atoms with Crippen LogP contribution in [0.1, 0.15) is 40.3 Å². The third-order valence-electron chi connectivity index (χ3n) is 4.69. The van der Waals surface area contributed by atoms with E-state index in [0.717, 1.165) is 16.7 Å². The molecule has 1 atom stereocenters. The lowest BCUT2D eigenvalue weighted by Crippen LogP contribution is -2.29. The number of rotatable bonds is 9. The number of aryl methyl sites for hydroxylation is 1. The minimum atomic E-state index is -0.983. The molecule has 3 rings (SSSR count). The number of benzene rings is 2. The van der Waals surface area contributed by atoms with Crippen molar-refractivity contribution < 1.29 is 19.1 Å². The van der Waals surface area contributed by atoms with Crippen molar-refractivity contribution in [3.63, 3.8) is 0 Å². The monoisotopic (exact) mass is 420 g/mol. The highest BCUT2D eigenvalue weighted by atomic mass is 16.5. The van der Waals surface area contributed by atoms with Crippen LogP contribution in [-0.4, -0.2) is 34.2 Å². The van der Waals surface area contributed by atoms with Crippen molar-refractivity contribution >= 4 is 11.8 Å². The number of aromatic nitrogens is 2. The summed E-state index contributed by atoms with van der Waals surface area (Å²) in [5, 5.41) is 4.05. The van der Waals surface area contributed by atoms with Crippen molar-refractivity contribution in [2.24, 2.45) is 0 Å². The molecule has 0 aliphatic rings. The van der Waals surface area contributed by atoms with Crippen LogP contribution in [0.3, 0.4) is 0 Å². The Labute approximate surface area is 180 Å². The van der Waals surface area contributed by atoms with Gasteiger partial charge in [-0.15, -0.1) is 0 Å². The molecule has 0 radical (unpaired) electrons. The Hall–Kier alpha value is -3.74. The second-order valence-corrected chi connectivity index (χ2v) is 6.90. The summed E-state index contributed by atoms with van der Waals surface area (Å²) in [6, 6.07) is 18.9. The van der Waals surface area contributed by atoms with Gasteiger partial charge in [0.15, 0.2) is 11.8 Å². The highest BCUT2D eigenvalue weighted by Crippen LogP contribution is 2.11. The number of carbonyl (C=O) groups is 2. The van der Waals surface area contributed by atoms with Gasteiger partial charge in [-0.2, -0.15) is 5.10 Å². The van der Waals surface area contributed by atoms with Gasteiger partial charge in [0, 0.05) is 11.6 Å². The second-order valence-electron chi connectivity index (χ2n) is 6.90. The largest absolute Gasteiger partial charge is 0.492 e. The number of hydrogen-bond donors (Lipinski definition) is 0. The number of esters is 1. The van der Waals surface area contributed by atoms with E-state index in [4.69, 9.17) is 9.47 Å². The van der Waals surface area contributed by atoms with Crippen molar-refractivity contribution in [2.45, 2.75) is 32.9 Å². The predicted octanol–water partition coefficient (Wildman–Crippen LogP) is 3.31. The molecule has 1 aromatic heterocycles. The summed E-state index contributed by atoms with van der Waals surface area (Å²) in [6.45, 7) is 3.91. The van der Waals surface area contributed by atoms with Gasteiger partial charge >= 0.3 is 5.97 Å². The topological polar surface area (TPSA) is 87.5 Å². The molecule has 2 aromatic carbocycles. The lowest BCUT2D eigenvalue weighted by atomic mass is 10.0. The van der Waals surface area contributed by atoms with Crippen molar-refractivity contribution in [1.29, 1.82) is 0 Å². The Morgan fingerprint density at radius 3 is 2.39 bits per heavy atom. The van der Waals surface area contributed by atoms with Crippen molar-refractivity contribution in [1.82, 2.24) is 9.78 Å². The molecule has 160 valence electrons. The van der Waals surface area contributed by atoms with E-state index in [1.54, 1.807) is 24.3 Å². The fourth-order valence-electron chi connectivity index (χ4n) is 2.90. The molecule has 0 spiro atoms. The summed E-state index contributed by atoms with van der Waals surface area (Å²) in [7, 11) is 0. The molecular formula is C24H24N2O5. The zero-order chi connectivity index (χ0) is 22.2. The first-order chi connectivity index (χ1) is 15.0. The number of para-hydroxylation sites is 1. The molecule has 0 aliphatic carbocycles. The molecule has 0 amide bonds. The van der Waals surface area contributed by atoms with Gasteiger partial charge in [0.25, 0.3) is 5.56 Å². The first-order valence-electron chi connectivity index (χ1n) is 10.1. The minimum absolute atomic E-state index is 0.0553. The minimum Gasteiger partial charge on any atom is -0.492 e. The van der Waals surface area contributed by atoms with Crippen LogP contribution in [0.25, 0.3) is 0 Å². The number of hydrogen-bond acceptors (Lipinski definition) is 6. The lowest BCUT2D eigenvalue weighted by molar-refractivity contribution is 0.0310. The quantitative estimate of drug-likeness (QED) is 0.390. The first-order valence-corrected chi connectivity index (χ1v) is 10.1. The van der Waals surface area contributed by atoms with E-state index in [1.807, 2.05) is 37.3 Å². The van der Waals surface area contributed by atoms with E-state index in [9.17, 15) is 14.4 Å². The van der Waals surface area contributed by atoms with E-state index in [-0.39, 0.29) is 30.2 Å². The maximum Gasteiger partial charge on any atom is 0.359 e. The van der Waals surface area contributed by atoms with Gasteiger partial charge < -0.3 is 9.47 Å². The molecule has 7 heteroatoms. The molecule has 3 aromatic rings. The average Bonchev–Trinajstić information content (AvgIpc) is 2.80. The van der Waals surface area contributed by atoms with Crippen molar-refractivity contribution in [3.8, 4) is 5.75 Å². The molecule has 1 unspecified atom stereocenters. The van der Waals surface area contributed by atoms with E-state index in [2.05, 4.69) is 5.10 Å². The van der Waals surface area contributed by atoms with E-state index < -0.39 is 12.1 Å². The fraction of sp³-hybridized carbons (Fsp3) is 0.250. The van der Waals surface area contributed by atoms with Gasteiger partial charge in [-0.3, -0.25) is 9.59 Å². The van der Waals surface area contributed by atoms with Gasteiger partial charge in [0.05, 0.1) is 6.54 Å². The summed E-state index contributed by atoms with van der Waals surface area (Å²) < 4.78 is 12.0. The highest BCUT2D eigenvalue weighted by Gasteiger charge is 2.21. The van der Waals surface area contributed by atoms with Gasteiger partial charge in [-0.05, 0) is 37.1 Å². The number of ketones is 1. The molecule has 0 aliphatic heterocycles. The molecule has 0 saturated carbocycles. The number of Topliss-reactive ketones (excluding diaryl/α,β-unsaturated/α-hetero) is 1. The average molecular weight is 420 g/mol. The SMILES string of the molecule is CCc1ccc(C(=O)C(C)OC(=O)c2ccc(=O)n(CCOc3ccccc3)n2)cc1. The zero-order valence-corrected chi connectivity index (χ0v) is 17.5. The summed E-state index contributed by atoms with van der Waals surface area (Å²) >= 11 is 0. The van der Waals surface area contributed by atoms with Crippen molar-refractivity contribution in [2.75, 3.05) is 6.61 Å². The summed E-state index contributed by atoms with van der Waals surface area (Å²) in [5.41, 5.74) is 1.16. The summed E-state index contributed by atoms with van der Waals surface area (Å²) in [5.74, 6) is -0.408. The van der Waals surface area contributed by atoms with Crippen LogP contribution in [0.15, 0.2) is 71.5 Å². The Morgan fingerprint density at radius 2 is 1.71 bits per heavy atom. The molecule has 1 heterocycles. The number of carbonyl (C=O) groups excluding carboxylic acids is 2. The van der Waals surface area contributed by atoms with Gasteiger partial charge in [-0.1, -0.05) is 49.4 Å². The van der Waals surface area contributed by atoms with Gasteiger partial charge in [-0.25, -0.2) is 9.48 Å². The lowest BCUT2D eigenvalue weighted by Gasteiger charge is -2.13. The molecule has 31 heavy (non-hydrogen) atoms. The van der Waals surface area contributed by atoms with Crippen LogP contribution >= 0.6 is 0 Å². The summed E-state index contributed by atoms with van der Waals surface area (Å²) in [6.07, 6.45) is -0.111. The predicted molar refractivity (Wildman–Crippen MR) is 115 cm³/mol. The number of ether oxygens (including phenoxy) is 2. The third-order valence-corrected chi connectivity index (χ3v) is 4.69. The molecule has 0 fully saturated rings. The molecular weight excluding hydrogens is 396 g/mol. The summed E-state index contributed by atoms with van der Waals surface area (Å²) in [4.78, 5) is 37.0. The molecule has 0 N–H and O–H groups in total. The third kappa shape index (κ3) is 5.88. The van der Waals surface area contributed by atoms with E-state index in [0.29, 0.717) is 11.3 Å². The normalized spacial score (nSPS) is 11.5. The van der Waals surface area contributed by atoms with E-state index >= 15 is 0 Å². The van der Waals surface area contributed by atoms with Crippen LogP contribution in [0.5, 0.6) is 5.75 Å². The van der Waals surface area contributed by atoms with Crippen LogP contribution in [0.2, 0.25) is 0 Å².